The van der Waals surface area contributed by atoms with Crippen LogP contribution in [0.4, 0.5) is 28.8 Å². The first-order valence-electron chi connectivity index (χ1n) is 11.4. The summed E-state index contributed by atoms with van der Waals surface area (Å²) in [5.41, 5.74) is 11.5. The van der Waals surface area contributed by atoms with Gasteiger partial charge in [0.25, 0.3) is 0 Å². The molecule has 4 N–H and O–H groups in total. The lowest BCUT2D eigenvalue weighted by molar-refractivity contribution is -0.111. The molecule has 0 aliphatic carbocycles. The Morgan fingerprint density at radius 3 is 2.66 bits per heavy atom. The molecule has 3 aromatic carbocycles. The van der Waals surface area contributed by atoms with Gasteiger partial charge in [0, 0.05) is 29.7 Å². The van der Waals surface area contributed by atoms with Gasteiger partial charge in [-0.1, -0.05) is 43.0 Å². The molecule has 1 aliphatic rings. The molecular formula is C27H26N6O2. The SMILES string of the molecule is C=CC(=O)Nc1cccc(-c2cccc3c(N)nc(Nc4ccccc4N4CCOCC4)nc23)c1. The van der Waals surface area contributed by atoms with Gasteiger partial charge in [0.1, 0.15) is 5.82 Å². The molecule has 1 fully saturated rings. The number of para-hydroxylation sites is 3. The molecule has 0 saturated carbocycles. The monoisotopic (exact) mass is 466 g/mol. The van der Waals surface area contributed by atoms with Gasteiger partial charge in [0.2, 0.25) is 11.9 Å². The number of aromatic nitrogens is 2. The van der Waals surface area contributed by atoms with Crippen LogP contribution in [0.25, 0.3) is 22.0 Å². The quantitative estimate of drug-likeness (QED) is 0.357. The van der Waals surface area contributed by atoms with Crippen LogP contribution in [-0.2, 0) is 9.53 Å². The number of rotatable bonds is 6. The minimum absolute atomic E-state index is 0.267. The Kier molecular flexibility index (Phi) is 6.28. The van der Waals surface area contributed by atoms with Gasteiger partial charge in [-0.05, 0) is 42.0 Å². The number of nitrogens with zero attached hydrogens (tertiary/aromatic N) is 3. The van der Waals surface area contributed by atoms with Crippen LogP contribution in [0.2, 0.25) is 0 Å². The van der Waals surface area contributed by atoms with E-state index in [0.29, 0.717) is 30.7 Å². The van der Waals surface area contributed by atoms with Crippen molar-refractivity contribution in [2.45, 2.75) is 0 Å². The molecular weight excluding hydrogens is 440 g/mol. The summed E-state index contributed by atoms with van der Waals surface area (Å²) in [6.45, 7) is 6.55. The molecule has 0 bridgehead atoms. The van der Waals surface area contributed by atoms with Crippen LogP contribution in [0.5, 0.6) is 0 Å². The van der Waals surface area contributed by atoms with Crippen LogP contribution < -0.4 is 21.3 Å². The molecule has 1 saturated heterocycles. The lowest BCUT2D eigenvalue weighted by Crippen LogP contribution is -2.36. The second-order valence-electron chi connectivity index (χ2n) is 8.15. The third kappa shape index (κ3) is 4.78. The summed E-state index contributed by atoms with van der Waals surface area (Å²) < 4.78 is 5.50. The number of carbonyl (C=O) groups is 1. The summed E-state index contributed by atoms with van der Waals surface area (Å²) >= 11 is 0. The van der Waals surface area contributed by atoms with Gasteiger partial charge in [0.15, 0.2) is 0 Å². The number of amides is 1. The average molecular weight is 467 g/mol. The van der Waals surface area contributed by atoms with E-state index in [0.717, 1.165) is 46.5 Å². The van der Waals surface area contributed by atoms with Crippen LogP contribution in [-0.4, -0.2) is 42.2 Å². The van der Waals surface area contributed by atoms with Gasteiger partial charge in [-0.25, -0.2) is 4.98 Å². The van der Waals surface area contributed by atoms with Crippen molar-refractivity contribution < 1.29 is 9.53 Å². The highest BCUT2D eigenvalue weighted by Crippen LogP contribution is 2.33. The predicted molar refractivity (Wildman–Crippen MR) is 141 cm³/mol. The zero-order valence-corrected chi connectivity index (χ0v) is 19.2. The Bertz CT molecular complexity index is 1400. The fourth-order valence-corrected chi connectivity index (χ4v) is 4.20. The second-order valence-corrected chi connectivity index (χ2v) is 8.15. The summed E-state index contributed by atoms with van der Waals surface area (Å²) in [7, 11) is 0. The third-order valence-corrected chi connectivity index (χ3v) is 5.88. The molecule has 2 heterocycles. The van der Waals surface area contributed by atoms with Gasteiger partial charge in [-0.3, -0.25) is 4.79 Å². The van der Waals surface area contributed by atoms with Gasteiger partial charge in [-0.2, -0.15) is 4.98 Å². The fraction of sp³-hybridized carbons (Fsp3) is 0.148. The first-order valence-corrected chi connectivity index (χ1v) is 11.4. The number of ether oxygens (including phenoxy) is 1. The highest BCUT2D eigenvalue weighted by molar-refractivity contribution is 6.02. The molecule has 8 nitrogen and oxygen atoms in total. The van der Waals surface area contributed by atoms with E-state index in [1.807, 2.05) is 60.7 Å². The number of benzene rings is 3. The number of fused-ring (bicyclic) bond motifs is 1. The van der Waals surface area contributed by atoms with Gasteiger partial charge in [-0.15, -0.1) is 0 Å². The number of nitrogens with one attached hydrogen (secondary N) is 2. The minimum atomic E-state index is -0.267. The van der Waals surface area contributed by atoms with Crippen LogP contribution in [0, 0.1) is 0 Å². The largest absolute Gasteiger partial charge is 0.383 e. The van der Waals surface area contributed by atoms with Gasteiger partial charge in [0.05, 0.1) is 30.1 Å². The standard InChI is InChI=1S/C27H26N6O2/c1-2-24(34)29-19-8-5-7-18(17-19)20-9-6-10-21-25(20)31-27(32-26(21)28)30-22-11-3-4-12-23(22)33-13-15-35-16-14-33/h2-12,17H,1,13-16H2,(H,29,34)(H3,28,30,31,32). The Balaban J connectivity index is 1.54. The molecule has 0 atom stereocenters. The zero-order valence-electron chi connectivity index (χ0n) is 19.2. The van der Waals surface area contributed by atoms with Crippen molar-refractivity contribution in [1.82, 2.24) is 9.97 Å². The van der Waals surface area contributed by atoms with E-state index in [2.05, 4.69) is 33.2 Å². The summed E-state index contributed by atoms with van der Waals surface area (Å²) in [5.74, 6) is 0.538. The summed E-state index contributed by atoms with van der Waals surface area (Å²) in [4.78, 5) is 23.4. The van der Waals surface area contributed by atoms with E-state index < -0.39 is 0 Å². The predicted octanol–water partition coefficient (Wildman–Crippen LogP) is 4.58. The maximum Gasteiger partial charge on any atom is 0.247 e. The molecule has 35 heavy (non-hydrogen) atoms. The van der Waals surface area contributed by atoms with E-state index in [4.69, 9.17) is 15.5 Å². The van der Waals surface area contributed by atoms with Crippen LogP contribution >= 0.6 is 0 Å². The van der Waals surface area contributed by atoms with Gasteiger partial charge >= 0.3 is 0 Å². The van der Waals surface area contributed by atoms with Crippen molar-refractivity contribution in [2.24, 2.45) is 0 Å². The fourth-order valence-electron chi connectivity index (χ4n) is 4.20. The molecule has 4 aromatic rings. The number of anilines is 5. The van der Waals surface area contributed by atoms with Crippen molar-refractivity contribution in [2.75, 3.05) is 47.6 Å². The first-order chi connectivity index (χ1) is 17.1. The maximum atomic E-state index is 11.8. The number of hydrogen-bond donors (Lipinski definition) is 3. The number of morpholine rings is 1. The zero-order chi connectivity index (χ0) is 24.2. The summed E-state index contributed by atoms with van der Waals surface area (Å²) in [6.07, 6.45) is 1.24. The third-order valence-electron chi connectivity index (χ3n) is 5.88. The number of nitrogens with two attached hydrogens (primary N) is 1. The molecule has 1 amide bonds. The number of hydrogen-bond acceptors (Lipinski definition) is 7. The average Bonchev–Trinajstić information content (AvgIpc) is 2.89. The van der Waals surface area contributed by atoms with Crippen LogP contribution in [0.1, 0.15) is 0 Å². The van der Waals surface area contributed by atoms with Crippen molar-refractivity contribution in [3.63, 3.8) is 0 Å². The van der Waals surface area contributed by atoms with Crippen molar-refractivity contribution in [3.8, 4) is 11.1 Å². The normalized spacial score (nSPS) is 13.4. The van der Waals surface area contributed by atoms with E-state index in [1.54, 1.807) is 0 Å². The maximum absolute atomic E-state index is 11.8. The summed E-state index contributed by atoms with van der Waals surface area (Å²) in [6, 6.07) is 21.5. The van der Waals surface area contributed by atoms with Crippen LogP contribution in [0.15, 0.2) is 79.4 Å². The van der Waals surface area contributed by atoms with Crippen molar-refractivity contribution in [3.05, 3.63) is 79.4 Å². The molecule has 0 spiro atoms. The molecule has 0 radical (unpaired) electrons. The summed E-state index contributed by atoms with van der Waals surface area (Å²) in [5, 5.41) is 6.94. The lowest BCUT2D eigenvalue weighted by Gasteiger charge is -2.30. The second kappa shape index (κ2) is 9.82. The van der Waals surface area contributed by atoms with E-state index in [9.17, 15) is 4.79 Å². The van der Waals surface area contributed by atoms with Crippen molar-refractivity contribution >= 4 is 45.6 Å². The highest BCUT2D eigenvalue weighted by Gasteiger charge is 2.16. The Hall–Kier alpha value is -4.43. The first kappa shape index (κ1) is 22.4. The van der Waals surface area contributed by atoms with Crippen LogP contribution in [0.3, 0.4) is 0 Å². The Morgan fingerprint density at radius 1 is 1.03 bits per heavy atom. The minimum Gasteiger partial charge on any atom is -0.383 e. The molecule has 1 aliphatic heterocycles. The highest BCUT2D eigenvalue weighted by atomic mass is 16.5. The van der Waals surface area contributed by atoms with Crippen molar-refractivity contribution in [1.29, 1.82) is 0 Å². The Morgan fingerprint density at radius 2 is 1.83 bits per heavy atom. The van der Waals surface area contributed by atoms with E-state index in [-0.39, 0.29) is 5.91 Å². The van der Waals surface area contributed by atoms with E-state index in [1.165, 1.54) is 6.08 Å². The number of nitrogen functional groups attached to an aromatic ring is 1. The molecule has 0 unspecified atom stereocenters. The van der Waals surface area contributed by atoms with Gasteiger partial charge < -0.3 is 26.0 Å². The Labute approximate surface area is 203 Å². The molecule has 8 heteroatoms. The number of carbonyl (C=O) groups excluding carboxylic acids is 1. The molecule has 1 aromatic heterocycles. The molecule has 5 rings (SSSR count). The smallest absolute Gasteiger partial charge is 0.247 e. The molecule has 176 valence electrons. The lowest BCUT2D eigenvalue weighted by atomic mass is 10.0. The topological polar surface area (TPSA) is 105 Å². The van der Waals surface area contributed by atoms with E-state index >= 15 is 0 Å².